The van der Waals surface area contributed by atoms with E-state index in [1.165, 1.54) is 0 Å². The van der Waals surface area contributed by atoms with Crippen LogP contribution >= 0.6 is 0 Å². The van der Waals surface area contributed by atoms with Gasteiger partial charge in [0.05, 0.1) is 22.3 Å². The molecule has 0 unspecified atom stereocenters. The lowest BCUT2D eigenvalue weighted by Crippen LogP contribution is -2.54. The molecular weight excluding hydrogens is 466 g/mol. The fraction of sp³-hybridized carbons (Fsp3) is 0.226. The topological polar surface area (TPSA) is 57.6 Å². The molecule has 0 amide bonds. The van der Waals surface area contributed by atoms with Gasteiger partial charge in [-0.15, -0.1) is 0 Å². The van der Waals surface area contributed by atoms with Crippen LogP contribution < -0.4 is 0 Å². The molecule has 0 radical (unpaired) electrons. The molecule has 0 aliphatic carbocycles. The normalized spacial score (nSPS) is 17.6. The molecule has 36 heavy (non-hydrogen) atoms. The Balaban J connectivity index is 1.64. The SMILES string of the molecule is O=S(=O)(C[C@@H](O)[C@@H]1CCCN1C(c1ccccc1)(c1ccccc1)c1ccccc1)c1ccccc1. The highest BCUT2D eigenvalue weighted by atomic mass is 32.2. The van der Waals surface area contributed by atoms with E-state index in [1.807, 2.05) is 54.6 Å². The highest BCUT2D eigenvalue weighted by Crippen LogP contribution is 2.46. The summed E-state index contributed by atoms with van der Waals surface area (Å²) in [6, 6.07) is 39.1. The van der Waals surface area contributed by atoms with Crippen molar-refractivity contribution in [3.05, 3.63) is 138 Å². The van der Waals surface area contributed by atoms with Crippen LogP contribution in [0.15, 0.2) is 126 Å². The zero-order valence-electron chi connectivity index (χ0n) is 20.1. The molecule has 5 heteroatoms. The summed E-state index contributed by atoms with van der Waals surface area (Å²) < 4.78 is 26.4. The summed E-state index contributed by atoms with van der Waals surface area (Å²) in [5.41, 5.74) is 2.59. The van der Waals surface area contributed by atoms with E-state index in [2.05, 4.69) is 41.3 Å². The zero-order chi connectivity index (χ0) is 25.0. The van der Waals surface area contributed by atoms with Crippen LogP contribution in [0.3, 0.4) is 0 Å². The Morgan fingerprint density at radius 3 is 1.58 bits per heavy atom. The number of hydrogen-bond acceptors (Lipinski definition) is 4. The van der Waals surface area contributed by atoms with Crippen molar-refractivity contribution in [1.29, 1.82) is 0 Å². The number of aliphatic hydroxyl groups excluding tert-OH is 1. The van der Waals surface area contributed by atoms with Crippen LogP contribution in [0.4, 0.5) is 0 Å². The van der Waals surface area contributed by atoms with E-state index in [0.29, 0.717) is 0 Å². The Morgan fingerprint density at radius 2 is 1.14 bits per heavy atom. The lowest BCUT2D eigenvalue weighted by atomic mass is 9.75. The first-order valence-electron chi connectivity index (χ1n) is 12.4. The summed E-state index contributed by atoms with van der Waals surface area (Å²) >= 11 is 0. The molecule has 4 nitrogen and oxygen atoms in total. The summed E-state index contributed by atoms with van der Waals surface area (Å²) in [6.07, 6.45) is 0.564. The molecule has 1 aliphatic heterocycles. The largest absolute Gasteiger partial charge is 0.390 e. The van der Waals surface area contributed by atoms with Gasteiger partial charge in [0.2, 0.25) is 0 Å². The second-order valence-corrected chi connectivity index (χ2v) is 11.4. The average Bonchev–Trinajstić information content (AvgIpc) is 3.42. The van der Waals surface area contributed by atoms with Crippen LogP contribution in [0.25, 0.3) is 0 Å². The molecule has 2 atom stereocenters. The van der Waals surface area contributed by atoms with Gasteiger partial charge in [-0.05, 0) is 41.7 Å². The van der Waals surface area contributed by atoms with Gasteiger partial charge in [0.15, 0.2) is 9.84 Å². The highest BCUT2D eigenvalue weighted by molar-refractivity contribution is 7.91. The standard InChI is InChI=1S/C31H31NO3S/c33-30(24-36(34,35)28-20-11-4-12-21-28)29-22-13-23-32(29)31(25-14-5-1-6-15-25,26-16-7-2-8-17-26)27-18-9-3-10-19-27/h1-12,14-21,29-30,33H,13,22-24H2/t29-,30+/m0/s1. The predicted octanol–water partition coefficient (Wildman–Crippen LogP) is 5.28. The van der Waals surface area contributed by atoms with Gasteiger partial charge in [-0.25, -0.2) is 8.42 Å². The van der Waals surface area contributed by atoms with Crippen LogP contribution in [0.2, 0.25) is 0 Å². The number of nitrogens with zero attached hydrogens (tertiary/aromatic N) is 1. The Labute approximate surface area is 213 Å². The van der Waals surface area contributed by atoms with Crippen molar-refractivity contribution in [1.82, 2.24) is 4.90 Å². The molecule has 1 heterocycles. The molecule has 0 saturated carbocycles. The van der Waals surface area contributed by atoms with E-state index in [-0.39, 0.29) is 16.7 Å². The van der Waals surface area contributed by atoms with E-state index in [0.717, 1.165) is 36.1 Å². The Bertz CT molecular complexity index is 1260. The summed E-state index contributed by atoms with van der Waals surface area (Å²) in [4.78, 5) is 2.58. The number of likely N-dealkylation sites (tertiary alicyclic amines) is 1. The van der Waals surface area contributed by atoms with Gasteiger partial charge >= 0.3 is 0 Å². The number of benzene rings is 4. The molecule has 0 bridgehead atoms. The summed E-state index contributed by atoms with van der Waals surface area (Å²) in [7, 11) is -3.64. The smallest absolute Gasteiger partial charge is 0.180 e. The van der Waals surface area contributed by atoms with E-state index >= 15 is 0 Å². The molecule has 0 aromatic heterocycles. The molecule has 1 N–H and O–H groups in total. The van der Waals surface area contributed by atoms with Crippen molar-refractivity contribution < 1.29 is 13.5 Å². The van der Waals surface area contributed by atoms with Gasteiger partial charge in [0, 0.05) is 12.6 Å². The van der Waals surface area contributed by atoms with Crippen molar-refractivity contribution in [3.63, 3.8) is 0 Å². The third-order valence-corrected chi connectivity index (χ3v) is 9.01. The van der Waals surface area contributed by atoms with Crippen LogP contribution in [-0.4, -0.2) is 42.9 Å². The van der Waals surface area contributed by atoms with E-state index in [9.17, 15) is 13.5 Å². The maximum atomic E-state index is 13.2. The zero-order valence-corrected chi connectivity index (χ0v) is 21.0. The summed E-state index contributed by atoms with van der Waals surface area (Å²) in [5.74, 6) is -0.313. The third-order valence-electron chi connectivity index (χ3n) is 7.24. The monoisotopic (exact) mass is 497 g/mol. The minimum atomic E-state index is -3.64. The minimum absolute atomic E-state index is 0.244. The Hall–Kier alpha value is -3.25. The van der Waals surface area contributed by atoms with Crippen molar-refractivity contribution in [2.45, 2.75) is 35.4 Å². The van der Waals surface area contributed by atoms with Gasteiger partial charge in [-0.1, -0.05) is 109 Å². The van der Waals surface area contributed by atoms with Crippen LogP contribution in [0.1, 0.15) is 29.5 Å². The lowest BCUT2D eigenvalue weighted by Gasteiger charge is -2.47. The first-order chi connectivity index (χ1) is 17.5. The molecular formula is C31H31NO3S. The molecule has 5 rings (SSSR count). The van der Waals surface area contributed by atoms with Crippen molar-refractivity contribution in [2.24, 2.45) is 0 Å². The maximum absolute atomic E-state index is 13.2. The molecule has 1 saturated heterocycles. The summed E-state index contributed by atoms with van der Waals surface area (Å²) in [5, 5.41) is 11.5. The van der Waals surface area contributed by atoms with Crippen molar-refractivity contribution in [2.75, 3.05) is 12.3 Å². The quantitative estimate of drug-likeness (QED) is 0.337. The van der Waals surface area contributed by atoms with Gasteiger partial charge in [0.1, 0.15) is 0 Å². The first-order valence-corrected chi connectivity index (χ1v) is 14.1. The molecule has 4 aromatic rings. The number of rotatable bonds is 8. The second kappa shape index (κ2) is 10.4. The summed E-state index contributed by atoms with van der Waals surface area (Å²) in [6.45, 7) is 0.742. The molecule has 1 fully saturated rings. The number of aliphatic hydroxyl groups is 1. The van der Waals surface area contributed by atoms with Crippen LogP contribution in [-0.2, 0) is 15.4 Å². The van der Waals surface area contributed by atoms with Gasteiger partial charge in [-0.3, -0.25) is 4.90 Å². The Kier molecular flexibility index (Phi) is 7.06. The van der Waals surface area contributed by atoms with Gasteiger partial charge < -0.3 is 5.11 Å². The molecule has 184 valence electrons. The van der Waals surface area contributed by atoms with Crippen LogP contribution in [0, 0.1) is 0 Å². The molecule has 4 aromatic carbocycles. The van der Waals surface area contributed by atoms with Crippen molar-refractivity contribution in [3.8, 4) is 0 Å². The lowest BCUT2D eigenvalue weighted by molar-refractivity contribution is 0.0451. The number of sulfone groups is 1. The van der Waals surface area contributed by atoms with Crippen molar-refractivity contribution >= 4 is 9.84 Å². The maximum Gasteiger partial charge on any atom is 0.180 e. The van der Waals surface area contributed by atoms with E-state index in [1.54, 1.807) is 30.3 Å². The third kappa shape index (κ3) is 4.50. The molecule has 1 aliphatic rings. The fourth-order valence-electron chi connectivity index (χ4n) is 5.70. The second-order valence-electron chi connectivity index (χ2n) is 9.37. The number of hydrogen-bond donors (Lipinski definition) is 1. The fourth-order valence-corrected chi connectivity index (χ4v) is 7.14. The van der Waals surface area contributed by atoms with E-state index in [4.69, 9.17) is 0 Å². The van der Waals surface area contributed by atoms with Gasteiger partial charge in [0.25, 0.3) is 0 Å². The average molecular weight is 498 g/mol. The minimum Gasteiger partial charge on any atom is -0.390 e. The molecule has 0 spiro atoms. The van der Waals surface area contributed by atoms with E-state index < -0.39 is 21.5 Å². The Morgan fingerprint density at radius 1 is 0.722 bits per heavy atom. The highest BCUT2D eigenvalue weighted by Gasteiger charge is 2.49. The van der Waals surface area contributed by atoms with Crippen LogP contribution in [0.5, 0.6) is 0 Å². The van der Waals surface area contributed by atoms with Gasteiger partial charge in [-0.2, -0.15) is 0 Å². The first kappa shape index (κ1) is 24.4. The predicted molar refractivity (Wildman–Crippen MR) is 143 cm³/mol.